The summed E-state index contributed by atoms with van der Waals surface area (Å²) in [5.41, 5.74) is 0.639. The van der Waals surface area contributed by atoms with Crippen molar-refractivity contribution in [3.8, 4) is 17.2 Å². The van der Waals surface area contributed by atoms with E-state index in [0.29, 0.717) is 35.3 Å². The van der Waals surface area contributed by atoms with Crippen molar-refractivity contribution in [1.29, 1.82) is 0 Å². The summed E-state index contributed by atoms with van der Waals surface area (Å²) < 4.78 is 15.8. The van der Waals surface area contributed by atoms with E-state index in [1.54, 1.807) is 33.5 Å². The zero-order valence-electron chi connectivity index (χ0n) is 12.7. The number of hydrogen-bond donors (Lipinski definition) is 2. The smallest absolute Gasteiger partial charge is 0.224 e. The van der Waals surface area contributed by atoms with Gasteiger partial charge in [0.15, 0.2) is 11.5 Å². The van der Waals surface area contributed by atoms with Crippen LogP contribution < -0.4 is 24.8 Å². The molecule has 0 aliphatic carbocycles. The van der Waals surface area contributed by atoms with Gasteiger partial charge in [0.2, 0.25) is 11.7 Å². The summed E-state index contributed by atoms with van der Waals surface area (Å²) in [6, 6.07) is 3.46. The molecule has 1 aromatic rings. The van der Waals surface area contributed by atoms with E-state index >= 15 is 0 Å². The molecule has 1 atom stereocenters. The molecule has 1 aliphatic heterocycles. The molecule has 6 heteroatoms. The molecule has 0 saturated carbocycles. The third kappa shape index (κ3) is 3.78. The lowest BCUT2D eigenvalue weighted by molar-refractivity contribution is -0.116. The van der Waals surface area contributed by atoms with Crippen molar-refractivity contribution in [2.45, 2.75) is 12.8 Å². The van der Waals surface area contributed by atoms with E-state index < -0.39 is 0 Å². The first-order valence-electron chi connectivity index (χ1n) is 6.98. The number of carbonyl (C=O) groups excluding carboxylic acids is 1. The molecule has 21 heavy (non-hydrogen) atoms. The first kappa shape index (κ1) is 15.4. The number of nitrogens with one attached hydrogen (secondary N) is 2. The second-order valence-corrected chi connectivity index (χ2v) is 5.03. The monoisotopic (exact) mass is 294 g/mol. The fraction of sp³-hybridized carbons (Fsp3) is 0.533. The molecule has 1 saturated heterocycles. The van der Waals surface area contributed by atoms with Gasteiger partial charge in [0.25, 0.3) is 0 Å². The van der Waals surface area contributed by atoms with Gasteiger partial charge < -0.3 is 24.8 Å². The van der Waals surface area contributed by atoms with Crippen LogP contribution >= 0.6 is 0 Å². The molecule has 0 bridgehead atoms. The Morgan fingerprint density at radius 2 is 1.90 bits per heavy atom. The lowest BCUT2D eigenvalue weighted by atomic mass is 10.0. The van der Waals surface area contributed by atoms with Crippen LogP contribution in [0.5, 0.6) is 17.2 Å². The zero-order valence-corrected chi connectivity index (χ0v) is 12.7. The quantitative estimate of drug-likeness (QED) is 0.835. The third-order valence-electron chi connectivity index (χ3n) is 3.58. The van der Waals surface area contributed by atoms with Crippen molar-refractivity contribution in [1.82, 2.24) is 5.32 Å². The summed E-state index contributed by atoms with van der Waals surface area (Å²) in [7, 11) is 4.64. The minimum Gasteiger partial charge on any atom is -0.493 e. The number of hydrogen-bond acceptors (Lipinski definition) is 5. The fourth-order valence-electron chi connectivity index (χ4n) is 2.52. The zero-order chi connectivity index (χ0) is 15.2. The minimum atomic E-state index is -0.00188. The van der Waals surface area contributed by atoms with Crippen LogP contribution in [0.3, 0.4) is 0 Å². The maximum absolute atomic E-state index is 12.1. The Labute approximate surface area is 124 Å². The van der Waals surface area contributed by atoms with Gasteiger partial charge in [0, 0.05) is 24.2 Å². The molecule has 1 aromatic carbocycles. The van der Waals surface area contributed by atoms with Crippen molar-refractivity contribution in [2.75, 3.05) is 39.7 Å². The van der Waals surface area contributed by atoms with E-state index in [9.17, 15) is 4.79 Å². The van der Waals surface area contributed by atoms with E-state index in [4.69, 9.17) is 14.2 Å². The number of rotatable bonds is 6. The highest BCUT2D eigenvalue weighted by Gasteiger charge is 2.19. The van der Waals surface area contributed by atoms with Gasteiger partial charge >= 0.3 is 0 Å². The normalized spacial score (nSPS) is 17.4. The van der Waals surface area contributed by atoms with E-state index in [1.165, 1.54) is 0 Å². The standard InChI is InChI=1S/C15H22N2O4/c1-19-12-7-11(8-13(20-2)15(12)21-3)17-14(18)6-10-4-5-16-9-10/h7-8,10,16H,4-6,9H2,1-3H3,(H,17,18). The Hall–Kier alpha value is -1.95. The molecule has 6 nitrogen and oxygen atoms in total. The number of anilines is 1. The van der Waals surface area contributed by atoms with Crippen LogP contribution in [0.15, 0.2) is 12.1 Å². The molecule has 1 amide bonds. The predicted octanol–water partition coefficient (Wildman–Crippen LogP) is 1.65. The Balaban J connectivity index is 2.09. The van der Waals surface area contributed by atoms with Gasteiger partial charge in [-0.3, -0.25) is 4.79 Å². The molecule has 1 heterocycles. The van der Waals surface area contributed by atoms with Crippen LogP contribution in [-0.4, -0.2) is 40.3 Å². The van der Waals surface area contributed by atoms with E-state index in [1.807, 2.05) is 0 Å². The number of carbonyl (C=O) groups is 1. The molecule has 2 N–H and O–H groups in total. The molecule has 1 unspecified atom stereocenters. The van der Waals surface area contributed by atoms with Crippen LogP contribution in [0.4, 0.5) is 5.69 Å². The van der Waals surface area contributed by atoms with Crippen LogP contribution in [0.25, 0.3) is 0 Å². The van der Waals surface area contributed by atoms with E-state index in [2.05, 4.69) is 10.6 Å². The third-order valence-corrected chi connectivity index (χ3v) is 3.58. The molecule has 0 spiro atoms. The second kappa shape index (κ2) is 7.17. The van der Waals surface area contributed by atoms with Gasteiger partial charge in [0.1, 0.15) is 0 Å². The van der Waals surface area contributed by atoms with E-state index in [-0.39, 0.29) is 5.91 Å². The molecule has 116 valence electrons. The SMILES string of the molecule is COc1cc(NC(=O)CC2CCNC2)cc(OC)c1OC. The Bertz CT molecular complexity index is 473. The summed E-state index contributed by atoms with van der Waals surface area (Å²) >= 11 is 0. The van der Waals surface area contributed by atoms with Crippen molar-refractivity contribution in [3.05, 3.63) is 12.1 Å². The lowest BCUT2D eigenvalue weighted by Gasteiger charge is -2.15. The van der Waals surface area contributed by atoms with Crippen molar-refractivity contribution < 1.29 is 19.0 Å². The lowest BCUT2D eigenvalue weighted by Crippen LogP contribution is -2.18. The Kier molecular flexibility index (Phi) is 5.27. The van der Waals surface area contributed by atoms with Crippen LogP contribution in [0.2, 0.25) is 0 Å². The first-order chi connectivity index (χ1) is 10.2. The molecular formula is C15H22N2O4. The van der Waals surface area contributed by atoms with Crippen molar-refractivity contribution in [3.63, 3.8) is 0 Å². The fourth-order valence-corrected chi connectivity index (χ4v) is 2.52. The van der Waals surface area contributed by atoms with Gasteiger partial charge in [-0.2, -0.15) is 0 Å². The van der Waals surface area contributed by atoms with Crippen molar-refractivity contribution in [2.24, 2.45) is 5.92 Å². The Morgan fingerprint density at radius 1 is 1.24 bits per heavy atom. The highest BCUT2D eigenvalue weighted by Crippen LogP contribution is 2.39. The van der Waals surface area contributed by atoms with Gasteiger partial charge in [-0.1, -0.05) is 0 Å². The average molecular weight is 294 g/mol. The summed E-state index contributed by atoms with van der Waals surface area (Å²) in [5.74, 6) is 1.97. The molecule has 2 rings (SSSR count). The van der Waals surface area contributed by atoms with Crippen LogP contribution in [0.1, 0.15) is 12.8 Å². The first-order valence-corrected chi connectivity index (χ1v) is 6.98. The molecule has 1 aliphatic rings. The van der Waals surface area contributed by atoms with Gasteiger partial charge in [-0.15, -0.1) is 0 Å². The van der Waals surface area contributed by atoms with Gasteiger partial charge in [-0.25, -0.2) is 0 Å². The molecule has 0 aromatic heterocycles. The topological polar surface area (TPSA) is 68.8 Å². The number of benzene rings is 1. The molecule has 0 radical (unpaired) electrons. The predicted molar refractivity (Wildman–Crippen MR) is 80.3 cm³/mol. The second-order valence-electron chi connectivity index (χ2n) is 5.03. The van der Waals surface area contributed by atoms with Gasteiger partial charge in [0.05, 0.1) is 21.3 Å². The molecule has 1 fully saturated rings. The maximum atomic E-state index is 12.1. The highest BCUT2D eigenvalue weighted by molar-refractivity contribution is 5.91. The highest BCUT2D eigenvalue weighted by atomic mass is 16.5. The van der Waals surface area contributed by atoms with Crippen molar-refractivity contribution >= 4 is 11.6 Å². The number of amides is 1. The molecular weight excluding hydrogens is 272 g/mol. The summed E-state index contributed by atoms with van der Waals surface area (Å²) in [5, 5.41) is 6.14. The van der Waals surface area contributed by atoms with Crippen LogP contribution in [0, 0.1) is 5.92 Å². The summed E-state index contributed by atoms with van der Waals surface area (Å²) in [6.07, 6.45) is 1.56. The summed E-state index contributed by atoms with van der Waals surface area (Å²) in [4.78, 5) is 12.1. The van der Waals surface area contributed by atoms with E-state index in [0.717, 1.165) is 19.5 Å². The number of methoxy groups -OCH3 is 3. The van der Waals surface area contributed by atoms with Crippen LogP contribution in [-0.2, 0) is 4.79 Å². The summed E-state index contributed by atoms with van der Waals surface area (Å²) in [6.45, 7) is 1.89. The Morgan fingerprint density at radius 3 is 2.38 bits per heavy atom. The minimum absolute atomic E-state index is 0.00188. The maximum Gasteiger partial charge on any atom is 0.224 e. The largest absolute Gasteiger partial charge is 0.493 e. The number of ether oxygens (including phenoxy) is 3. The average Bonchev–Trinajstić information content (AvgIpc) is 2.98. The van der Waals surface area contributed by atoms with Gasteiger partial charge in [-0.05, 0) is 25.4 Å².